The molecule has 0 fully saturated rings. The van der Waals surface area contributed by atoms with Gasteiger partial charge in [-0.1, -0.05) is 59.7 Å². The van der Waals surface area contributed by atoms with Crippen molar-refractivity contribution in [2.24, 2.45) is 10.1 Å². The first-order chi connectivity index (χ1) is 13.5. The molecule has 0 spiro atoms. The summed E-state index contributed by atoms with van der Waals surface area (Å²) < 4.78 is 0. The molecule has 2 aromatic carbocycles. The fraction of sp³-hybridized carbons (Fsp3) is 0.250. The molecule has 0 aliphatic carbocycles. The predicted octanol–water partition coefficient (Wildman–Crippen LogP) is 4.55. The summed E-state index contributed by atoms with van der Waals surface area (Å²) in [5.41, 5.74) is 11.2. The molecule has 2 N–H and O–H groups in total. The van der Waals surface area contributed by atoms with Crippen LogP contribution in [0, 0.1) is 27.7 Å². The number of nitrogens with zero attached hydrogens (tertiary/aromatic N) is 2. The molecule has 2 aromatic rings. The molecule has 0 bridgehead atoms. The van der Waals surface area contributed by atoms with Crippen molar-refractivity contribution in [3.8, 4) is 0 Å². The number of aryl methyl sites for hydroxylation is 4. The van der Waals surface area contributed by atoms with Gasteiger partial charge in [0.05, 0.1) is 12.3 Å². The zero-order valence-electron chi connectivity index (χ0n) is 17.1. The molecule has 1 aliphatic rings. The molecule has 4 heteroatoms. The van der Waals surface area contributed by atoms with Gasteiger partial charge in [-0.2, -0.15) is 5.10 Å². The Balaban J connectivity index is 1.87. The van der Waals surface area contributed by atoms with Crippen LogP contribution in [0.4, 0.5) is 0 Å². The molecule has 0 aromatic heterocycles. The van der Waals surface area contributed by atoms with Gasteiger partial charge >= 0.3 is 0 Å². The number of rotatable bonds is 5. The number of aliphatic imine (C=N–C) groups is 1. The zero-order chi connectivity index (χ0) is 19.9. The molecule has 4 nitrogen and oxygen atoms in total. The summed E-state index contributed by atoms with van der Waals surface area (Å²) >= 11 is 0. The minimum Gasteiger partial charge on any atom is -0.353 e. The van der Waals surface area contributed by atoms with Crippen LogP contribution in [-0.2, 0) is 0 Å². The lowest BCUT2D eigenvalue weighted by atomic mass is 10.0. The van der Waals surface area contributed by atoms with Crippen LogP contribution in [0.3, 0.4) is 0 Å². The predicted molar refractivity (Wildman–Crippen MR) is 121 cm³/mol. The first kappa shape index (κ1) is 19.6. The van der Waals surface area contributed by atoms with E-state index in [-0.39, 0.29) is 0 Å². The highest BCUT2D eigenvalue weighted by Crippen LogP contribution is 2.14. The second-order valence-corrected chi connectivity index (χ2v) is 7.19. The van der Waals surface area contributed by atoms with E-state index >= 15 is 0 Å². The number of nitrogens with one attached hydrogen (secondary N) is 2. The van der Waals surface area contributed by atoms with Gasteiger partial charge < -0.3 is 5.32 Å². The van der Waals surface area contributed by atoms with Crippen LogP contribution in [0.15, 0.2) is 58.6 Å². The topological polar surface area (TPSA) is 48.8 Å². The number of hydrogen-bond donors (Lipinski definition) is 2. The molecule has 144 valence electrons. The molecule has 1 heterocycles. The molecule has 0 unspecified atom stereocenters. The van der Waals surface area contributed by atoms with E-state index in [1.807, 2.05) is 12.2 Å². The number of hydrogen-bond acceptors (Lipinski definition) is 4. The van der Waals surface area contributed by atoms with Gasteiger partial charge in [-0.25, -0.2) is 10.4 Å². The van der Waals surface area contributed by atoms with Crippen molar-refractivity contribution in [3.63, 3.8) is 0 Å². The van der Waals surface area contributed by atoms with E-state index in [0.717, 1.165) is 24.8 Å². The van der Waals surface area contributed by atoms with Crippen LogP contribution in [0.2, 0.25) is 0 Å². The van der Waals surface area contributed by atoms with Crippen LogP contribution in [0.1, 0.15) is 33.4 Å². The SMILES string of the molecule is Cc1ccc(C)c(C=CC(C=Cc2cc(C)ccc2C)=NNC2=NCCN2)c1. The molecular weight excluding hydrogens is 344 g/mol. The fourth-order valence-corrected chi connectivity index (χ4v) is 2.95. The Morgan fingerprint density at radius 1 is 0.929 bits per heavy atom. The molecule has 0 atom stereocenters. The van der Waals surface area contributed by atoms with Gasteiger partial charge in [0.25, 0.3) is 0 Å². The third kappa shape index (κ3) is 5.43. The quantitative estimate of drug-likeness (QED) is 0.597. The molecule has 0 saturated heterocycles. The Labute approximate surface area is 167 Å². The summed E-state index contributed by atoms with van der Waals surface area (Å²) in [7, 11) is 0. The molecule has 1 aliphatic heterocycles. The van der Waals surface area contributed by atoms with E-state index in [4.69, 9.17) is 0 Å². The maximum Gasteiger partial charge on any atom is 0.212 e. The largest absolute Gasteiger partial charge is 0.353 e. The van der Waals surface area contributed by atoms with Gasteiger partial charge in [0.1, 0.15) is 0 Å². The van der Waals surface area contributed by atoms with Gasteiger partial charge in [0.2, 0.25) is 5.96 Å². The lowest BCUT2D eigenvalue weighted by Crippen LogP contribution is -2.30. The summed E-state index contributed by atoms with van der Waals surface area (Å²) in [6, 6.07) is 12.9. The monoisotopic (exact) mass is 372 g/mol. The summed E-state index contributed by atoms with van der Waals surface area (Å²) in [6.45, 7) is 10.1. The lowest BCUT2D eigenvalue weighted by Gasteiger charge is -2.04. The number of allylic oxidation sites excluding steroid dienone is 2. The normalized spacial score (nSPS) is 13.6. The molecule has 0 radical (unpaired) electrons. The summed E-state index contributed by atoms with van der Waals surface area (Å²) in [6.07, 6.45) is 8.29. The highest BCUT2D eigenvalue weighted by Gasteiger charge is 2.03. The Morgan fingerprint density at radius 2 is 1.50 bits per heavy atom. The molecule has 0 amide bonds. The van der Waals surface area contributed by atoms with Crippen molar-refractivity contribution in [2.75, 3.05) is 13.1 Å². The van der Waals surface area contributed by atoms with Crippen LogP contribution >= 0.6 is 0 Å². The minimum atomic E-state index is 0.720. The summed E-state index contributed by atoms with van der Waals surface area (Å²) in [4.78, 5) is 4.33. The Morgan fingerprint density at radius 3 is 2.00 bits per heavy atom. The third-order valence-corrected chi connectivity index (χ3v) is 4.70. The van der Waals surface area contributed by atoms with Crippen molar-refractivity contribution in [1.82, 2.24) is 10.7 Å². The van der Waals surface area contributed by atoms with Gasteiger partial charge in [0.15, 0.2) is 0 Å². The molecule has 3 rings (SSSR count). The first-order valence-electron chi connectivity index (χ1n) is 9.64. The average Bonchev–Trinajstić information content (AvgIpc) is 3.19. The van der Waals surface area contributed by atoms with Crippen molar-refractivity contribution in [1.29, 1.82) is 0 Å². The maximum absolute atomic E-state index is 4.54. The van der Waals surface area contributed by atoms with E-state index in [1.165, 1.54) is 33.4 Å². The smallest absolute Gasteiger partial charge is 0.212 e. The van der Waals surface area contributed by atoms with Gasteiger partial charge in [-0.3, -0.25) is 0 Å². The Hall–Kier alpha value is -3.14. The summed E-state index contributed by atoms with van der Waals surface area (Å²) in [5.74, 6) is 0.720. The number of benzene rings is 2. The molecular formula is C24H28N4. The highest BCUT2D eigenvalue weighted by molar-refractivity contribution is 6.09. The standard InChI is InChI=1S/C24H28N4/c1-17-5-7-19(3)21(15-17)9-11-23(27-28-24-25-13-14-26-24)12-10-22-16-18(2)6-8-20(22)4/h5-12,15-16H,13-14H2,1-4H3,(H2,25,26,28). The second-order valence-electron chi connectivity index (χ2n) is 7.19. The maximum atomic E-state index is 4.54. The van der Waals surface area contributed by atoms with Crippen molar-refractivity contribution in [2.45, 2.75) is 27.7 Å². The average molecular weight is 373 g/mol. The molecule has 0 saturated carbocycles. The van der Waals surface area contributed by atoms with Gasteiger partial charge in [-0.15, -0.1) is 0 Å². The Kier molecular flexibility index (Phi) is 6.43. The van der Waals surface area contributed by atoms with Crippen LogP contribution in [0.25, 0.3) is 12.2 Å². The van der Waals surface area contributed by atoms with Crippen molar-refractivity contribution in [3.05, 3.63) is 81.9 Å². The van der Waals surface area contributed by atoms with Crippen LogP contribution in [-0.4, -0.2) is 24.8 Å². The fourth-order valence-electron chi connectivity index (χ4n) is 2.95. The Bertz CT molecular complexity index is 901. The second kappa shape index (κ2) is 9.18. The number of guanidine groups is 1. The van der Waals surface area contributed by atoms with E-state index in [1.54, 1.807) is 0 Å². The van der Waals surface area contributed by atoms with Crippen LogP contribution < -0.4 is 10.7 Å². The zero-order valence-corrected chi connectivity index (χ0v) is 17.1. The number of hydrazone groups is 1. The van der Waals surface area contributed by atoms with Gasteiger partial charge in [0, 0.05) is 6.54 Å². The summed E-state index contributed by atoms with van der Waals surface area (Å²) in [5, 5.41) is 7.72. The van der Waals surface area contributed by atoms with E-state index in [9.17, 15) is 0 Å². The van der Waals surface area contributed by atoms with E-state index in [0.29, 0.717) is 0 Å². The van der Waals surface area contributed by atoms with Gasteiger partial charge in [-0.05, 0) is 62.1 Å². The third-order valence-electron chi connectivity index (χ3n) is 4.70. The van der Waals surface area contributed by atoms with E-state index in [2.05, 4.69) is 97.1 Å². The van der Waals surface area contributed by atoms with E-state index < -0.39 is 0 Å². The van der Waals surface area contributed by atoms with Crippen molar-refractivity contribution >= 4 is 23.8 Å². The van der Waals surface area contributed by atoms with Crippen LogP contribution in [0.5, 0.6) is 0 Å². The lowest BCUT2D eigenvalue weighted by molar-refractivity contribution is 0.918. The van der Waals surface area contributed by atoms with Crippen molar-refractivity contribution < 1.29 is 0 Å². The molecule has 28 heavy (non-hydrogen) atoms. The first-order valence-corrected chi connectivity index (χ1v) is 9.64. The minimum absolute atomic E-state index is 0.720. The highest BCUT2D eigenvalue weighted by atomic mass is 15.4.